The van der Waals surface area contributed by atoms with Gasteiger partial charge in [-0.2, -0.15) is 5.21 Å². The lowest BCUT2D eigenvalue weighted by atomic mass is 10.2. The van der Waals surface area contributed by atoms with E-state index in [4.69, 9.17) is 11.5 Å². The highest BCUT2D eigenvalue weighted by atomic mass is 35.5. The number of nitrogens with two attached hydrogens (primary N) is 2. The summed E-state index contributed by atoms with van der Waals surface area (Å²) in [6.07, 6.45) is 1.33. The summed E-state index contributed by atoms with van der Waals surface area (Å²) in [7, 11) is 0. The third kappa shape index (κ3) is 5.79. The number of aromatic nitrogens is 4. The quantitative estimate of drug-likeness (QED) is 0.539. The van der Waals surface area contributed by atoms with Gasteiger partial charge in [0.2, 0.25) is 0 Å². The number of aromatic amines is 1. The van der Waals surface area contributed by atoms with Crippen molar-refractivity contribution in [3.63, 3.8) is 0 Å². The van der Waals surface area contributed by atoms with E-state index in [1.165, 1.54) is 6.33 Å². The molecule has 0 aliphatic carbocycles. The van der Waals surface area contributed by atoms with Crippen molar-refractivity contribution < 1.29 is 0 Å². The van der Waals surface area contributed by atoms with Crippen LogP contribution in [-0.2, 0) is 0 Å². The first-order chi connectivity index (χ1) is 9.74. The number of hydrogen-bond donors (Lipinski definition) is 4. The topological polar surface area (TPSA) is 119 Å². The van der Waals surface area contributed by atoms with Crippen LogP contribution in [0.15, 0.2) is 54.9 Å². The zero-order valence-electron chi connectivity index (χ0n) is 11.1. The zero-order valence-corrected chi connectivity index (χ0v) is 11.9. The molecule has 6 N–H and O–H groups in total. The van der Waals surface area contributed by atoms with E-state index >= 15 is 0 Å². The minimum absolute atomic E-state index is 0. The maximum Gasteiger partial charge on any atom is 0.161 e. The molecule has 0 saturated heterocycles. The number of nitrogen functional groups attached to an aromatic ring is 2. The van der Waals surface area contributed by atoms with Crippen LogP contribution in [-0.4, -0.2) is 20.6 Å². The van der Waals surface area contributed by atoms with Crippen LogP contribution in [0.5, 0.6) is 0 Å². The molecule has 0 aliphatic heterocycles. The maximum absolute atomic E-state index is 5.60. The summed E-state index contributed by atoms with van der Waals surface area (Å²) in [6.45, 7) is 0. The smallest absolute Gasteiger partial charge is 0.161 e. The molecule has 110 valence electrons. The summed E-state index contributed by atoms with van der Waals surface area (Å²) >= 11 is 0. The molecule has 7 nitrogen and oxygen atoms in total. The monoisotopic (exact) mass is 305 g/mol. The Morgan fingerprint density at radius 2 is 1.29 bits per heavy atom. The fraction of sp³-hybridized carbons (Fsp3) is 0. The van der Waals surface area contributed by atoms with E-state index in [-0.39, 0.29) is 12.4 Å². The molecule has 3 rings (SSSR count). The van der Waals surface area contributed by atoms with Crippen molar-refractivity contribution in [1.29, 1.82) is 0 Å². The van der Waals surface area contributed by atoms with Gasteiger partial charge in [0, 0.05) is 22.7 Å². The molecule has 3 aromatic rings. The van der Waals surface area contributed by atoms with E-state index in [2.05, 4.69) is 25.9 Å². The Kier molecular flexibility index (Phi) is 6.49. The van der Waals surface area contributed by atoms with Gasteiger partial charge in [-0.25, -0.2) is 0 Å². The van der Waals surface area contributed by atoms with Gasteiger partial charge in [-0.15, -0.1) is 22.6 Å². The summed E-state index contributed by atoms with van der Waals surface area (Å²) in [4.78, 5) is 0. The lowest BCUT2D eigenvalue weighted by molar-refractivity contribution is 0.881. The molecule has 0 aliphatic rings. The van der Waals surface area contributed by atoms with Gasteiger partial charge in [-0.05, 0) is 48.5 Å². The molecular weight excluding hydrogens is 290 g/mol. The fourth-order valence-electron chi connectivity index (χ4n) is 1.43. The molecule has 8 heteroatoms. The van der Waals surface area contributed by atoms with Crippen molar-refractivity contribution in [2.24, 2.45) is 0 Å². The molecule has 2 aromatic carbocycles. The second-order valence-corrected chi connectivity index (χ2v) is 3.93. The van der Waals surface area contributed by atoms with Gasteiger partial charge in [0.05, 0.1) is 0 Å². The summed E-state index contributed by atoms with van der Waals surface area (Å²) in [5.74, 6) is 0. The van der Waals surface area contributed by atoms with Crippen LogP contribution < -0.4 is 16.8 Å². The number of rotatable bonds is 2. The number of nitrogens with zero attached hydrogens (tertiary/aromatic N) is 3. The highest BCUT2D eigenvalue weighted by molar-refractivity contribution is 5.85. The summed E-state index contributed by atoms with van der Waals surface area (Å²) in [5.41, 5.74) is 14.7. The van der Waals surface area contributed by atoms with E-state index in [0.29, 0.717) is 0 Å². The number of H-pyrrole nitrogens is 1. The van der Waals surface area contributed by atoms with Crippen LogP contribution in [0.2, 0.25) is 0 Å². The Labute approximate surface area is 128 Å². The van der Waals surface area contributed by atoms with Crippen LogP contribution in [0, 0.1) is 0 Å². The van der Waals surface area contributed by atoms with Crippen LogP contribution >= 0.6 is 12.4 Å². The highest BCUT2D eigenvalue weighted by Crippen LogP contribution is 2.18. The van der Waals surface area contributed by atoms with Gasteiger partial charge < -0.3 is 16.8 Å². The van der Waals surface area contributed by atoms with Gasteiger partial charge in [0.15, 0.2) is 6.33 Å². The normalized spacial score (nSPS) is 8.95. The third-order valence-corrected chi connectivity index (χ3v) is 2.38. The summed E-state index contributed by atoms with van der Waals surface area (Å²) in [6, 6.07) is 15.2. The second-order valence-electron chi connectivity index (χ2n) is 3.93. The summed E-state index contributed by atoms with van der Waals surface area (Å²) in [5, 5.41) is 15.4. The standard InChI is InChI=1S/C12H13N3.CH2N4.ClH/c13-9-1-5-11(6-2-9)15-12-7-3-10(14)4-8-12;1-2-4-5-3-1;/h1-8,15H,13-14H2;1H,(H,2,3,4,5);1H. The molecule has 0 amide bonds. The minimum atomic E-state index is 0. The van der Waals surface area contributed by atoms with Crippen LogP contribution in [0.1, 0.15) is 0 Å². The molecule has 0 bridgehead atoms. The van der Waals surface area contributed by atoms with E-state index in [9.17, 15) is 0 Å². The molecule has 1 aromatic heterocycles. The molecule has 0 fully saturated rings. The average Bonchev–Trinajstić information content (AvgIpc) is 3.03. The van der Waals surface area contributed by atoms with Crippen molar-refractivity contribution in [1.82, 2.24) is 20.6 Å². The maximum atomic E-state index is 5.60. The first-order valence-corrected chi connectivity index (χ1v) is 5.88. The predicted octanol–water partition coefficient (Wildman–Crippen LogP) is 2.22. The number of benzene rings is 2. The van der Waals surface area contributed by atoms with Crippen molar-refractivity contribution in [3.8, 4) is 0 Å². The van der Waals surface area contributed by atoms with E-state index < -0.39 is 0 Å². The molecule has 1 heterocycles. The first kappa shape index (κ1) is 16.3. The Balaban J connectivity index is 0.000000313. The van der Waals surface area contributed by atoms with Crippen molar-refractivity contribution in [3.05, 3.63) is 54.9 Å². The SMILES string of the molecule is Cl.Nc1ccc(Nc2ccc(N)cc2)cc1.c1nn[nH]n1. The zero-order chi connectivity index (χ0) is 14.2. The van der Waals surface area contributed by atoms with E-state index in [0.717, 1.165) is 22.7 Å². The fourth-order valence-corrected chi connectivity index (χ4v) is 1.43. The third-order valence-electron chi connectivity index (χ3n) is 2.38. The van der Waals surface area contributed by atoms with Gasteiger partial charge in [0.1, 0.15) is 0 Å². The highest BCUT2D eigenvalue weighted by Gasteiger charge is 1.93. The number of tetrazole rings is 1. The van der Waals surface area contributed by atoms with Crippen molar-refractivity contribution >= 4 is 35.2 Å². The van der Waals surface area contributed by atoms with Gasteiger partial charge >= 0.3 is 0 Å². The number of anilines is 4. The van der Waals surface area contributed by atoms with E-state index in [1.807, 2.05) is 48.5 Å². The van der Waals surface area contributed by atoms with Crippen LogP contribution in [0.25, 0.3) is 0 Å². The number of nitrogens with one attached hydrogen (secondary N) is 2. The van der Waals surface area contributed by atoms with E-state index in [1.54, 1.807) is 0 Å². The average molecular weight is 306 g/mol. The van der Waals surface area contributed by atoms with Crippen LogP contribution in [0.3, 0.4) is 0 Å². The predicted molar refractivity (Wildman–Crippen MR) is 86.4 cm³/mol. The number of halogens is 1. The largest absolute Gasteiger partial charge is 0.399 e. The molecule has 0 spiro atoms. The van der Waals surface area contributed by atoms with Gasteiger partial charge in [-0.1, -0.05) is 5.21 Å². The van der Waals surface area contributed by atoms with Gasteiger partial charge in [0.25, 0.3) is 0 Å². The van der Waals surface area contributed by atoms with Gasteiger partial charge in [-0.3, -0.25) is 0 Å². The molecule has 0 atom stereocenters. The first-order valence-electron chi connectivity index (χ1n) is 5.88. The second kappa shape index (κ2) is 8.39. The Bertz CT molecular complexity index is 547. The Hall–Kier alpha value is -2.80. The lowest BCUT2D eigenvalue weighted by Crippen LogP contribution is -1.91. The Morgan fingerprint density at radius 1 is 0.810 bits per heavy atom. The molecule has 21 heavy (non-hydrogen) atoms. The molecule has 0 radical (unpaired) electrons. The van der Waals surface area contributed by atoms with Crippen molar-refractivity contribution in [2.45, 2.75) is 0 Å². The minimum Gasteiger partial charge on any atom is -0.399 e. The molecule has 0 saturated carbocycles. The summed E-state index contributed by atoms with van der Waals surface area (Å²) < 4.78 is 0. The van der Waals surface area contributed by atoms with Crippen molar-refractivity contribution in [2.75, 3.05) is 16.8 Å². The Morgan fingerprint density at radius 3 is 1.57 bits per heavy atom. The molecular formula is C13H16ClN7. The van der Waals surface area contributed by atoms with Crippen LogP contribution in [0.4, 0.5) is 22.7 Å². The number of hydrogen-bond acceptors (Lipinski definition) is 6. The lowest BCUT2D eigenvalue weighted by Gasteiger charge is -2.06. The molecule has 0 unspecified atom stereocenters.